The summed E-state index contributed by atoms with van der Waals surface area (Å²) in [5.41, 5.74) is 1.15. The van der Waals surface area contributed by atoms with Gasteiger partial charge >= 0.3 is 0 Å². The molecule has 1 heterocycles. The van der Waals surface area contributed by atoms with E-state index in [0.29, 0.717) is 6.54 Å². The Balaban J connectivity index is 1.72. The van der Waals surface area contributed by atoms with Gasteiger partial charge < -0.3 is 15.4 Å². The minimum absolute atomic E-state index is 0.00555. The van der Waals surface area contributed by atoms with E-state index in [1.54, 1.807) is 7.05 Å². The highest BCUT2D eigenvalue weighted by Crippen LogP contribution is 2.16. The van der Waals surface area contributed by atoms with E-state index in [1.165, 1.54) is 0 Å². The third kappa shape index (κ3) is 6.05. The van der Waals surface area contributed by atoms with Gasteiger partial charge in [-0.15, -0.1) is 0 Å². The fraction of sp³-hybridized carbons (Fsp3) is 0.579. The molecule has 0 saturated carbocycles. The molecule has 0 radical (unpaired) electrons. The predicted molar refractivity (Wildman–Crippen MR) is 97.6 cm³/mol. The van der Waals surface area contributed by atoms with Crippen molar-refractivity contribution in [3.8, 4) is 5.75 Å². The number of hydrogen-bond acceptors (Lipinski definition) is 4. The molecular formula is C19H29N3O3. The van der Waals surface area contributed by atoms with Gasteiger partial charge in [0.15, 0.2) is 0 Å². The SMILES string of the molecule is CNC(=O)C1CCCN1CC(=O)NCCc1ccc(OC(C)C)cc1. The maximum absolute atomic E-state index is 12.1. The van der Waals surface area contributed by atoms with E-state index in [4.69, 9.17) is 4.74 Å². The normalized spacial score (nSPS) is 17.5. The Morgan fingerprint density at radius 3 is 2.64 bits per heavy atom. The Bertz CT molecular complexity index is 572. The maximum atomic E-state index is 12.1. The molecule has 1 atom stereocenters. The van der Waals surface area contributed by atoms with Crippen molar-refractivity contribution in [2.45, 2.75) is 45.3 Å². The van der Waals surface area contributed by atoms with E-state index in [-0.39, 0.29) is 30.5 Å². The molecule has 0 aromatic heterocycles. The van der Waals surface area contributed by atoms with Gasteiger partial charge in [-0.05, 0) is 57.4 Å². The molecule has 1 aliphatic heterocycles. The fourth-order valence-corrected chi connectivity index (χ4v) is 3.07. The van der Waals surface area contributed by atoms with Crippen molar-refractivity contribution in [3.63, 3.8) is 0 Å². The highest BCUT2D eigenvalue weighted by atomic mass is 16.5. The monoisotopic (exact) mass is 347 g/mol. The van der Waals surface area contributed by atoms with Crippen molar-refractivity contribution in [2.24, 2.45) is 0 Å². The molecule has 1 aromatic carbocycles. The van der Waals surface area contributed by atoms with Crippen LogP contribution in [0.4, 0.5) is 0 Å². The molecule has 1 fully saturated rings. The number of benzene rings is 1. The molecular weight excluding hydrogens is 318 g/mol. The van der Waals surface area contributed by atoms with Crippen LogP contribution >= 0.6 is 0 Å². The highest BCUT2D eigenvalue weighted by molar-refractivity contribution is 5.83. The number of likely N-dealkylation sites (tertiary alicyclic amines) is 1. The molecule has 2 amide bonds. The summed E-state index contributed by atoms with van der Waals surface area (Å²) in [6.45, 7) is 5.65. The number of rotatable bonds is 8. The Morgan fingerprint density at radius 1 is 1.28 bits per heavy atom. The van der Waals surface area contributed by atoms with Crippen LogP contribution in [0.2, 0.25) is 0 Å². The van der Waals surface area contributed by atoms with E-state index in [9.17, 15) is 9.59 Å². The first-order valence-corrected chi connectivity index (χ1v) is 8.97. The zero-order chi connectivity index (χ0) is 18.2. The van der Waals surface area contributed by atoms with Crippen LogP contribution in [0, 0.1) is 0 Å². The van der Waals surface area contributed by atoms with Crippen LogP contribution in [0.1, 0.15) is 32.3 Å². The molecule has 1 unspecified atom stereocenters. The number of hydrogen-bond donors (Lipinski definition) is 2. The summed E-state index contributed by atoms with van der Waals surface area (Å²) in [7, 11) is 1.64. The molecule has 6 heteroatoms. The number of likely N-dealkylation sites (N-methyl/N-ethyl adjacent to an activating group) is 1. The lowest BCUT2D eigenvalue weighted by Gasteiger charge is -2.22. The summed E-state index contributed by atoms with van der Waals surface area (Å²) in [4.78, 5) is 25.9. The molecule has 2 rings (SSSR count). The minimum Gasteiger partial charge on any atom is -0.491 e. The summed E-state index contributed by atoms with van der Waals surface area (Å²) < 4.78 is 5.62. The van der Waals surface area contributed by atoms with Crippen LogP contribution in [-0.4, -0.2) is 55.5 Å². The largest absolute Gasteiger partial charge is 0.491 e. The quantitative estimate of drug-likeness (QED) is 0.745. The van der Waals surface area contributed by atoms with Crippen molar-refractivity contribution in [1.29, 1.82) is 0 Å². The van der Waals surface area contributed by atoms with Crippen molar-refractivity contribution in [3.05, 3.63) is 29.8 Å². The van der Waals surface area contributed by atoms with Crippen LogP contribution in [0.15, 0.2) is 24.3 Å². The zero-order valence-corrected chi connectivity index (χ0v) is 15.4. The molecule has 2 N–H and O–H groups in total. The molecule has 0 aliphatic carbocycles. The van der Waals surface area contributed by atoms with Crippen molar-refractivity contribution in [1.82, 2.24) is 15.5 Å². The molecule has 1 aromatic rings. The molecule has 138 valence electrons. The zero-order valence-electron chi connectivity index (χ0n) is 15.4. The first-order valence-electron chi connectivity index (χ1n) is 8.97. The molecule has 25 heavy (non-hydrogen) atoms. The maximum Gasteiger partial charge on any atom is 0.237 e. The van der Waals surface area contributed by atoms with Gasteiger partial charge in [0.05, 0.1) is 18.7 Å². The number of nitrogens with zero attached hydrogens (tertiary/aromatic N) is 1. The van der Waals surface area contributed by atoms with Crippen LogP contribution in [0.3, 0.4) is 0 Å². The van der Waals surface area contributed by atoms with Gasteiger partial charge in [0, 0.05) is 13.6 Å². The number of carbonyl (C=O) groups is 2. The first kappa shape index (κ1) is 19.2. The van der Waals surface area contributed by atoms with Crippen LogP contribution in [0.5, 0.6) is 5.75 Å². The lowest BCUT2D eigenvalue weighted by Crippen LogP contribution is -2.46. The van der Waals surface area contributed by atoms with Gasteiger partial charge in [0.25, 0.3) is 0 Å². The van der Waals surface area contributed by atoms with Crippen LogP contribution in [0.25, 0.3) is 0 Å². The van der Waals surface area contributed by atoms with E-state index in [1.807, 2.05) is 43.0 Å². The lowest BCUT2D eigenvalue weighted by atomic mass is 10.1. The summed E-state index contributed by atoms with van der Waals surface area (Å²) in [6.07, 6.45) is 2.70. The van der Waals surface area contributed by atoms with Crippen LogP contribution < -0.4 is 15.4 Å². The average Bonchev–Trinajstić information content (AvgIpc) is 3.03. The Hall–Kier alpha value is -2.08. The second kappa shape index (κ2) is 9.42. The van der Waals surface area contributed by atoms with Crippen molar-refractivity contribution in [2.75, 3.05) is 26.7 Å². The molecule has 1 aliphatic rings. The van der Waals surface area contributed by atoms with Gasteiger partial charge in [-0.1, -0.05) is 12.1 Å². The smallest absolute Gasteiger partial charge is 0.237 e. The summed E-state index contributed by atoms with van der Waals surface area (Å²) in [5.74, 6) is 0.821. The van der Waals surface area contributed by atoms with E-state index in [0.717, 1.165) is 37.1 Å². The standard InChI is InChI=1S/C19H29N3O3/c1-14(2)25-16-8-6-15(7-9-16)10-11-21-18(23)13-22-12-4-5-17(22)19(24)20-3/h6-9,14,17H,4-5,10-13H2,1-3H3,(H,20,24)(H,21,23). The van der Waals surface area contributed by atoms with Crippen molar-refractivity contribution >= 4 is 11.8 Å². The molecule has 0 spiro atoms. The van der Waals surface area contributed by atoms with Gasteiger partial charge in [0.2, 0.25) is 11.8 Å². The number of nitrogens with one attached hydrogen (secondary N) is 2. The van der Waals surface area contributed by atoms with E-state index >= 15 is 0 Å². The van der Waals surface area contributed by atoms with E-state index < -0.39 is 0 Å². The van der Waals surface area contributed by atoms with Gasteiger partial charge in [0.1, 0.15) is 5.75 Å². The first-order chi connectivity index (χ1) is 12.0. The Morgan fingerprint density at radius 2 is 2.00 bits per heavy atom. The van der Waals surface area contributed by atoms with Crippen LogP contribution in [-0.2, 0) is 16.0 Å². The average molecular weight is 347 g/mol. The number of amides is 2. The second-order valence-corrected chi connectivity index (χ2v) is 6.65. The second-order valence-electron chi connectivity index (χ2n) is 6.65. The fourth-order valence-electron chi connectivity index (χ4n) is 3.07. The summed E-state index contributed by atoms with van der Waals surface area (Å²) in [5, 5.41) is 5.61. The Labute approximate surface area is 149 Å². The van der Waals surface area contributed by atoms with Gasteiger partial charge in [-0.3, -0.25) is 14.5 Å². The number of ether oxygens (including phenoxy) is 1. The minimum atomic E-state index is -0.177. The third-order valence-corrected chi connectivity index (χ3v) is 4.29. The summed E-state index contributed by atoms with van der Waals surface area (Å²) in [6, 6.07) is 7.77. The molecule has 1 saturated heterocycles. The van der Waals surface area contributed by atoms with E-state index in [2.05, 4.69) is 10.6 Å². The molecule has 0 bridgehead atoms. The van der Waals surface area contributed by atoms with Crippen molar-refractivity contribution < 1.29 is 14.3 Å². The third-order valence-electron chi connectivity index (χ3n) is 4.29. The number of carbonyl (C=O) groups excluding carboxylic acids is 2. The topological polar surface area (TPSA) is 70.7 Å². The lowest BCUT2D eigenvalue weighted by molar-refractivity contribution is -0.127. The Kier molecular flexibility index (Phi) is 7.25. The van der Waals surface area contributed by atoms with Gasteiger partial charge in [-0.2, -0.15) is 0 Å². The van der Waals surface area contributed by atoms with Gasteiger partial charge in [-0.25, -0.2) is 0 Å². The highest BCUT2D eigenvalue weighted by Gasteiger charge is 2.30. The predicted octanol–water partition coefficient (Wildman–Crippen LogP) is 1.34. The molecule has 6 nitrogen and oxygen atoms in total. The summed E-state index contributed by atoms with van der Waals surface area (Å²) >= 11 is 0.